The maximum Gasteiger partial charge on any atom is 3.00 e. The molecular weight excluding hydrogens is 885 g/mol. The molecule has 0 saturated heterocycles. The number of nitrogens with zero attached hydrogens (tertiary/aromatic N) is 4. The molecule has 0 atom stereocenters. The molecular formula is C53H45IrN4. The largest absolute Gasteiger partial charge is 3.00 e. The first-order chi connectivity index (χ1) is 27.5. The van der Waals surface area contributed by atoms with Gasteiger partial charge in [-0.1, -0.05) is 99.6 Å². The Labute approximate surface area is 355 Å². The predicted molar refractivity (Wildman–Crippen MR) is 236 cm³/mol. The molecule has 58 heavy (non-hydrogen) atoms. The van der Waals surface area contributed by atoms with E-state index in [0.29, 0.717) is 0 Å². The molecule has 4 heterocycles. The quantitative estimate of drug-likeness (QED) is 0.128. The van der Waals surface area contributed by atoms with Gasteiger partial charge in [-0.05, 0) is 111 Å². The second kappa shape index (κ2) is 16.5. The molecule has 9 aromatic rings. The van der Waals surface area contributed by atoms with Crippen LogP contribution in [-0.2, 0) is 25.5 Å². The fourth-order valence-electron chi connectivity index (χ4n) is 7.56. The Bertz CT molecular complexity index is 2840. The molecule has 0 N–H and O–H groups in total. The molecule has 0 aliphatic heterocycles. The van der Waals surface area contributed by atoms with Crippen LogP contribution in [0.5, 0.6) is 0 Å². The van der Waals surface area contributed by atoms with Gasteiger partial charge in [-0.3, -0.25) is 0 Å². The van der Waals surface area contributed by atoms with Crippen molar-refractivity contribution in [2.45, 2.75) is 60.8 Å². The predicted octanol–water partition coefficient (Wildman–Crippen LogP) is 13.0. The number of rotatable bonds is 2. The zero-order chi connectivity index (χ0) is 39.8. The Morgan fingerprint density at radius 3 is 1.72 bits per heavy atom. The summed E-state index contributed by atoms with van der Waals surface area (Å²) in [6.07, 6.45) is 7.58. The summed E-state index contributed by atoms with van der Waals surface area (Å²) in [4.78, 5) is 18.3. The van der Waals surface area contributed by atoms with Crippen LogP contribution in [0, 0.1) is 59.7 Å². The van der Waals surface area contributed by atoms with Crippen molar-refractivity contribution in [1.82, 2.24) is 19.9 Å². The van der Waals surface area contributed by atoms with Crippen molar-refractivity contribution < 1.29 is 20.1 Å². The molecule has 1 aliphatic rings. The maximum atomic E-state index is 4.74. The van der Waals surface area contributed by atoms with Gasteiger partial charge in [-0.25, -0.2) is 0 Å². The van der Waals surface area contributed by atoms with Crippen LogP contribution in [0.3, 0.4) is 0 Å². The third-order valence-corrected chi connectivity index (χ3v) is 11.2. The van der Waals surface area contributed by atoms with E-state index in [9.17, 15) is 0 Å². The van der Waals surface area contributed by atoms with Gasteiger partial charge in [0.1, 0.15) is 0 Å². The first-order valence-corrected chi connectivity index (χ1v) is 19.4. The van der Waals surface area contributed by atoms with Crippen LogP contribution in [0.25, 0.3) is 66.1 Å². The van der Waals surface area contributed by atoms with Crippen molar-refractivity contribution in [1.29, 1.82) is 0 Å². The standard InChI is InChI=1S/C25H17N2.2C14H14N.Ir/c1-25(2)21-14-20-16-7-4-3-6-15(16)9-10-17(20)18-11-13-26-23(22(18)21)19-8-5-12-27-24(19)25;2*1-10-4-6-13(7-5-10)14-8-11(2)12(3)9-15-14;/h3-7,9-14H,1-2H3;2*4-6,8-9H,1-3H3;/q3*-1;+3. The minimum absolute atomic E-state index is 0. The molecule has 0 spiro atoms. The van der Waals surface area contributed by atoms with E-state index in [0.717, 1.165) is 39.5 Å². The van der Waals surface area contributed by atoms with Crippen LogP contribution >= 0.6 is 0 Å². The van der Waals surface area contributed by atoms with E-state index in [2.05, 4.69) is 168 Å². The summed E-state index contributed by atoms with van der Waals surface area (Å²) >= 11 is 0. The van der Waals surface area contributed by atoms with Crippen LogP contribution in [0.1, 0.15) is 58.5 Å². The molecule has 1 aliphatic carbocycles. The summed E-state index contributed by atoms with van der Waals surface area (Å²) in [5.41, 5.74) is 15.7. The normalized spacial score (nSPS) is 12.1. The van der Waals surface area contributed by atoms with Gasteiger partial charge < -0.3 is 19.9 Å². The number of hydrogen-bond acceptors (Lipinski definition) is 4. The zero-order valence-electron chi connectivity index (χ0n) is 34.2. The molecule has 0 amide bonds. The summed E-state index contributed by atoms with van der Waals surface area (Å²) in [6.45, 7) is 17.0. The van der Waals surface area contributed by atoms with E-state index in [1.54, 1.807) is 0 Å². The average Bonchev–Trinajstić information content (AvgIpc) is 3.23. The Balaban J connectivity index is 0.000000142. The van der Waals surface area contributed by atoms with E-state index >= 15 is 0 Å². The smallest absolute Gasteiger partial charge is 0.356 e. The SMILES string of the molecule is CC1(C)c2ncc[c-]c2-c2nccc3c2c1cc1c2ccccc2ccc31.Cc1c[c-]c(-c2cc(C)c(C)cn2)cc1.Cc1c[c-]c(-c2cc(C)c(C)cn2)cc1.[Ir+3]. The van der Waals surface area contributed by atoms with Crippen molar-refractivity contribution in [2.24, 2.45) is 0 Å². The third-order valence-electron chi connectivity index (χ3n) is 11.2. The number of fused-ring (bicyclic) bond motifs is 6. The summed E-state index contributed by atoms with van der Waals surface area (Å²) < 4.78 is 0. The van der Waals surface area contributed by atoms with Gasteiger partial charge in [0.05, 0.1) is 0 Å². The van der Waals surface area contributed by atoms with Gasteiger partial charge in [-0.2, -0.15) is 0 Å². The Morgan fingerprint density at radius 2 is 1.14 bits per heavy atom. The second-order valence-corrected chi connectivity index (χ2v) is 15.7. The summed E-state index contributed by atoms with van der Waals surface area (Å²) in [6, 6.07) is 45.8. The minimum Gasteiger partial charge on any atom is -0.356 e. The number of benzene rings is 5. The van der Waals surface area contributed by atoms with E-state index in [1.165, 1.54) is 71.3 Å². The van der Waals surface area contributed by atoms with Crippen LogP contribution in [0.4, 0.5) is 0 Å². The van der Waals surface area contributed by atoms with Crippen LogP contribution < -0.4 is 0 Å². The third kappa shape index (κ3) is 7.73. The molecule has 0 fully saturated rings. The maximum absolute atomic E-state index is 4.74. The molecule has 0 radical (unpaired) electrons. The zero-order valence-corrected chi connectivity index (χ0v) is 36.6. The average molecular weight is 930 g/mol. The number of aromatic nitrogens is 4. The van der Waals surface area contributed by atoms with Crippen LogP contribution in [-0.4, -0.2) is 19.9 Å². The monoisotopic (exact) mass is 930 g/mol. The number of hydrogen-bond donors (Lipinski definition) is 0. The number of pyridine rings is 4. The van der Waals surface area contributed by atoms with E-state index in [4.69, 9.17) is 9.97 Å². The topological polar surface area (TPSA) is 51.6 Å². The summed E-state index contributed by atoms with van der Waals surface area (Å²) in [5.74, 6) is 0. The molecule has 0 saturated carbocycles. The van der Waals surface area contributed by atoms with Gasteiger partial charge in [0.25, 0.3) is 0 Å². The molecule has 4 aromatic heterocycles. The van der Waals surface area contributed by atoms with E-state index in [-0.39, 0.29) is 25.5 Å². The Morgan fingerprint density at radius 1 is 0.517 bits per heavy atom. The van der Waals surface area contributed by atoms with Crippen LogP contribution in [0.2, 0.25) is 0 Å². The second-order valence-electron chi connectivity index (χ2n) is 15.7. The van der Waals surface area contributed by atoms with Gasteiger partial charge in [0.2, 0.25) is 0 Å². The van der Waals surface area contributed by atoms with Gasteiger partial charge in [-0.15, -0.1) is 88.5 Å². The molecule has 5 aromatic carbocycles. The van der Waals surface area contributed by atoms with E-state index < -0.39 is 0 Å². The Hall–Kier alpha value is -5.87. The van der Waals surface area contributed by atoms with Crippen molar-refractivity contribution in [3.63, 3.8) is 0 Å². The van der Waals surface area contributed by atoms with Crippen molar-refractivity contribution in [2.75, 3.05) is 0 Å². The molecule has 0 unspecified atom stereocenters. The first kappa shape index (κ1) is 40.3. The number of aryl methyl sites for hydroxylation is 6. The molecule has 5 heteroatoms. The fourth-order valence-corrected chi connectivity index (χ4v) is 7.56. The van der Waals surface area contributed by atoms with Gasteiger partial charge >= 0.3 is 20.1 Å². The molecule has 10 rings (SSSR count). The molecule has 4 nitrogen and oxygen atoms in total. The fraction of sp³-hybridized carbons (Fsp3) is 0.170. The van der Waals surface area contributed by atoms with Crippen molar-refractivity contribution in [3.05, 3.63) is 191 Å². The van der Waals surface area contributed by atoms with Crippen molar-refractivity contribution >= 4 is 32.3 Å². The van der Waals surface area contributed by atoms with Gasteiger partial charge in [0, 0.05) is 18.6 Å². The molecule has 0 bridgehead atoms. The van der Waals surface area contributed by atoms with Crippen LogP contribution in [0.15, 0.2) is 128 Å². The first-order valence-electron chi connectivity index (χ1n) is 19.4. The summed E-state index contributed by atoms with van der Waals surface area (Å²) in [5, 5.41) is 7.63. The summed E-state index contributed by atoms with van der Waals surface area (Å²) in [7, 11) is 0. The minimum atomic E-state index is -0.202. The van der Waals surface area contributed by atoms with Gasteiger partial charge in [0.15, 0.2) is 0 Å². The Kier molecular flexibility index (Phi) is 11.5. The molecule has 286 valence electrons. The van der Waals surface area contributed by atoms with E-state index in [1.807, 2.05) is 43.0 Å². The van der Waals surface area contributed by atoms with Crippen molar-refractivity contribution in [3.8, 4) is 33.8 Å².